The normalized spacial score (nSPS) is 10.4. The third-order valence-corrected chi connectivity index (χ3v) is 4.12. The van der Waals surface area contributed by atoms with Gasteiger partial charge >= 0.3 is 0 Å². The van der Waals surface area contributed by atoms with E-state index >= 15 is 0 Å². The minimum Gasteiger partial charge on any atom is -0.397 e. The van der Waals surface area contributed by atoms with E-state index in [2.05, 4.69) is 17.2 Å². The maximum atomic E-state index is 12.2. The second-order valence-corrected chi connectivity index (χ2v) is 5.91. The molecule has 0 bridgehead atoms. The molecule has 0 aliphatic rings. The molecule has 2 aromatic rings. The monoisotopic (exact) mass is 301 g/mol. The Morgan fingerprint density at radius 1 is 1.33 bits per heavy atom. The molecule has 1 aromatic carbocycles. The van der Waals surface area contributed by atoms with E-state index in [0.29, 0.717) is 16.9 Å². The summed E-state index contributed by atoms with van der Waals surface area (Å²) >= 11 is 1.75. The quantitative estimate of drug-likeness (QED) is 0.652. The highest BCUT2D eigenvalue weighted by Crippen LogP contribution is 2.27. The Labute approximate surface area is 129 Å². The summed E-state index contributed by atoms with van der Waals surface area (Å²) < 4.78 is 0. The number of nitrogens with one attached hydrogen (secondary N) is 1. The van der Waals surface area contributed by atoms with E-state index in [4.69, 9.17) is 5.73 Å². The Hall–Kier alpha value is -2.01. The van der Waals surface area contributed by atoms with Crippen LogP contribution in [0, 0.1) is 6.92 Å². The molecule has 0 saturated heterocycles. The predicted octanol–water partition coefficient (Wildman–Crippen LogP) is 3.73. The van der Waals surface area contributed by atoms with Gasteiger partial charge in [-0.05, 0) is 49.4 Å². The summed E-state index contributed by atoms with van der Waals surface area (Å²) in [7, 11) is 0. The molecule has 0 radical (unpaired) electrons. The fourth-order valence-electron chi connectivity index (χ4n) is 1.75. The van der Waals surface area contributed by atoms with Crippen LogP contribution in [-0.4, -0.2) is 16.6 Å². The molecular weight excluding hydrogens is 282 g/mol. The molecule has 21 heavy (non-hydrogen) atoms. The van der Waals surface area contributed by atoms with Gasteiger partial charge in [0, 0.05) is 16.8 Å². The molecule has 1 heterocycles. The standard InChI is InChI=1S/C16H19N3OS/c1-3-8-21-13-6-7-14(17)15(9-13)19-16(20)12-5-4-11(2)18-10-12/h4-7,9-10H,3,8,17H2,1-2H3,(H,19,20). The summed E-state index contributed by atoms with van der Waals surface area (Å²) in [5.74, 6) is 0.839. The maximum Gasteiger partial charge on any atom is 0.257 e. The molecule has 0 aliphatic heterocycles. The Kier molecular flexibility index (Phi) is 5.22. The van der Waals surface area contributed by atoms with Crippen LogP contribution in [0.2, 0.25) is 0 Å². The summed E-state index contributed by atoms with van der Waals surface area (Å²) in [6.07, 6.45) is 2.67. The van der Waals surface area contributed by atoms with Gasteiger partial charge in [0.2, 0.25) is 0 Å². The van der Waals surface area contributed by atoms with Crippen molar-refractivity contribution in [1.29, 1.82) is 0 Å². The second kappa shape index (κ2) is 7.13. The highest BCUT2D eigenvalue weighted by atomic mass is 32.2. The number of benzene rings is 1. The van der Waals surface area contributed by atoms with Crippen LogP contribution in [0.5, 0.6) is 0 Å². The smallest absolute Gasteiger partial charge is 0.257 e. The molecular formula is C16H19N3OS. The Morgan fingerprint density at radius 2 is 2.14 bits per heavy atom. The first-order valence-corrected chi connectivity index (χ1v) is 7.85. The predicted molar refractivity (Wildman–Crippen MR) is 88.8 cm³/mol. The summed E-state index contributed by atoms with van der Waals surface area (Å²) in [4.78, 5) is 17.4. The first-order valence-electron chi connectivity index (χ1n) is 6.86. The molecule has 4 nitrogen and oxygen atoms in total. The summed E-state index contributed by atoms with van der Waals surface area (Å²) in [6.45, 7) is 4.02. The topological polar surface area (TPSA) is 68.0 Å². The number of anilines is 2. The van der Waals surface area contributed by atoms with Gasteiger partial charge in [0.1, 0.15) is 0 Å². The highest BCUT2D eigenvalue weighted by Gasteiger charge is 2.09. The maximum absolute atomic E-state index is 12.2. The van der Waals surface area contributed by atoms with Crippen LogP contribution in [0.3, 0.4) is 0 Å². The molecule has 1 aromatic heterocycles. The van der Waals surface area contributed by atoms with Crippen molar-refractivity contribution in [2.45, 2.75) is 25.2 Å². The van der Waals surface area contributed by atoms with Crippen molar-refractivity contribution >= 4 is 29.0 Å². The summed E-state index contributed by atoms with van der Waals surface area (Å²) in [5, 5.41) is 2.85. The van der Waals surface area contributed by atoms with E-state index in [1.807, 2.05) is 31.2 Å². The van der Waals surface area contributed by atoms with E-state index in [9.17, 15) is 4.79 Å². The second-order valence-electron chi connectivity index (χ2n) is 4.74. The van der Waals surface area contributed by atoms with Crippen molar-refractivity contribution in [3.05, 3.63) is 47.8 Å². The van der Waals surface area contributed by atoms with Crippen molar-refractivity contribution in [2.75, 3.05) is 16.8 Å². The molecule has 2 rings (SSSR count). The van der Waals surface area contributed by atoms with Gasteiger partial charge in [-0.1, -0.05) is 6.92 Å². The fraction of sp³-hybridized carbons (Fsp3) is 0.250. The first-order chi connectivity index (χ1) is 10.1. The lowest BCUT2D eigenvalue weighted by Gasteiger charge is -2.10. The third-order valence-electron chi connectivity index (χ3n) is 2.92. The Bertz CT molecular complexity index is 626. The number of carbonyl (C=O) groups excluding carboxylic acids is 1. The summed E-state index contributed by atoms with van der Waals surface area (Å²) in [5.41, 5.74) is 8.53. The molecule has 0 unspecified atom stereocenters. The van der Waals surface area contributed by atoms with E-state index in [0.717, 1.165) is 22.8 Å². The van der Waals surface area contributed by atoms with Crippen molar-refractivity contribution < 1.29 is 4.79 Å². The molecule has 0 fully saturated rings. The number of amides is 1. The number of aromatic nitrogens is 1. The lowest BCUT2D eigenvalue weighted by atomic mass is 10.2. The van der Waals surface area contributed by atoms with Gasteiger partial charge in [0.15, 0.2) is 0 Å². The minimum absolute atomic E-state index is 0.202. The van der Waals surface area contributed by atoms with E-state index in [-0.39, 0.29) is 5.91 Å². The fourth-order valence-corrected chi connectivity index (χ4v) is 2.56. The van der Waals surface area contributed by atoms with Crippen LogP contribution >= 0.6 is 11.8 Å². The molecule has 1 amide bonds. The van der Waals surface area contributed by atoms with Crippen molar-refractivity contribution in [1.82, 2.24) is 4.98 Å². The number of hydrogen-bond acceptors (Lipinski definition) is 4. The van der Waals surface area contributed by atoms with Gasteiger partial charge in [-0.15, -0.1) is 11.8 Å². The molecule has 0 atom stereocenters. The van der Waals surface area contributed by atoms with Crippen LogP contribution in [0.1, 0.15) is 29.4 Å². The molecule has 0 spiro atoms. The lowest BCUT2D eigenvalue weighted by Crippen LogP contribution is -2.13. The number of thioether (sulfide) groups is 1. The van der Waals surface area contributed by atoms with Gasteiger partial charge in [-0.2, -0.15) is 0 Å². The van der Waals surface area contributed by atoms with E-state index < -0.39 is 0 Å². The van der Waals surface area contributed by atoms with Crippen LogP contribution in [0.25, 0.3) is 0 Å². The van der Waals surface area contributed by atoms with Crippen LogP contribution in [-0.2, 0) is 0 Å². The molecule has 5 heteroatoms. The van der Waals surface area contributed by atoms with Crippen LogP contribution in [0.15, 0.2) is 41.4 Å². The number of aryl methyl sites for hydroxylation is 1. The Balaban J connectivity index is 2.14. The van der Waals surface area contributed by atoms with Crippen LogP contribution < -0.4 is 11.1 Å². The number of rotatable bonds is 5. The molecule has 0 saturated carbocycles. The van der Waals surface area contributed by atoms with Crippen molar-refractivity contribution in [3.8, 4) is 0 Å². The average Bonchev–Trinajstić information content (AvgIpc) is 2.48. The van der Waals surface area contributed by atoms with Gasteiger partial charge in [0.05, 0.1) is 16.9 Å². The molecule has 3 N–H and O–H groups in total. The largest absolute Gasteiger partial charge is 0.397 e. The zero-order valence-corrected chi connectivity index (χ0v) is 13.0. The summed E-state index contributed by atoms with van der Waals surface area (Å²) in [6, 6.07) is 9.27. The number of pyridine rings is 1. The third kappa shape index (κ3) is 4.23. The minimum atomic E-state index is -0.202. The van der Waals surface area contributed by atoms with Gasteiger partial charge in [-0.25, -0.2) is 0 Å². The van der Waals surface area contributed by atoms with E-state index in [1.165, 1.54) is 0 Å². The average molecular weight is 301 g/mol. The Morgan fingerprint density at radius 3 is 2.81 bits per heavy atom. The number of hydrogen-bond donors (Lipinski definition) is 2. The van der Waals surface area contributed by atoms with E-state index in [1.54, 1.807) is 24.0 Å². The lowest BCUT2D eigenvalue weighted by molar-refractivity contribution is 0.102. The molecule has 110 valence electrons. The molecule has 0 aliphatic carbocycles. The first kappa shape index (κ1) is 15.4. The zero-order valence-electron chi connectivity index (χ0n) is 12.2. The zero-order chi connectivity index (χ0) is 15.2. The number of nitrogens with two attached hydrogens (primary N) is 1. The van der Waals surface area contributed by atoms with Crippen LogP contribution in [0.4, 0.5) is 11.4 Å². The van der Waals surface area contributed by atoms with Gasteiger partial charge in [-0.3, -0.25) is 9.78 Å². The highest BCUT2D eigenvalue weighted by molar-refractivity contribution is 7.99. The number of nitrogen functional groups attached to an aromatic ring is 1. The SMILES string of the molecule is CCCSc1ccc(N)c(NC(=O)c2ccc(C)nc2)c1. The van der Waals surface area contributed by atoms with Crippen molar-refractivity contribution in [3.63, 3.8) is 0 Å². The van der Waals surface area contributed by atoms with Gasteiger partial charge < -0.3 is 11.1 Å². The van der Waals surface area contributed by atoms with Gasteiger partial charge in [0.25, 0.3) is 5.91 Å². The van der Waals surface area contributed by atoms with Crippen molar-refractivity contribution in [2.24, 2.45) is 0 Å². The number of nitrogens with zero attached hydrogens (tertiary/aromatic N) is 1. The number of carbonyl (C=O) groups is 1.